The number of carboxylic acids is 1. The van der Waals surface area contributed by atoms with E-state index in [-0.39, 0.29) is 5.56 Å². The SMILES string of the molecule is Cc1cc(Cl)cc(Nc2ccccc2C(=O)O)c1. The molecule has 0 bridgehead atoms. The van der Waals surface area contributed by atoms with Crippen molar-refractivity contribution >= 4 is 28.9 Å². The highest BCUT2D eigenvalue weighted by molar-refractivity contribution is 6.31. The fraction of sp³-hybridized carbons (Fsp3) is 0.0714. The largest absolute Gasteiger partial charge is 0.478 e. The standard InChI is InChI=1S/C14H12ClNO2/c1-9-6-10(15)8-11(7-9)16-13-5-3-2-4-12(13)14(17)18/h2-8,16H,1H3,(H,17,18). The third-order valence-corrected chi connectivity index (χ3v) is 2.70. The van der Waals surface area contributed by atoms with Crippen molar-refractivity contribution in [2.24, 2.45) is 0 Å². The van der Waals surface area contributed by atoms with Crippen molar-refractivity contribution in [3.8, 4) is 0 Å². The Kier molecular flexibility index (Phi) is 3.53. The van der Waals surface area contributed by atoms with Gasteiger partial charge in [0.2, 0.25) is 0 Å². The number of anilines is 2. The molecule has 92 valence electrons. The Hall–Kier alpha value is -2.00. The summed E-state index contributed by atoms with van der Waals surface area (Å²) in [5, 5.41) is 12.8. The normalized spacial score (nSPS) is 10.1. The van der Waals surface area contributed by atoms with Crippen LogP contribution >= 0.6 is 11.6 Å². The maximum atomic E-state index is 11.1. The molecule has 0 fully saturated rings. The molecule has 0 amide bonds. The summed E-state index contributed by atoms with van der Waals surface area (Å²) in [4.78, 5) is 11.1. The van der Waals surface area contributed by atoms with E-state index in [1.807, 2.05) is 19.1 Å². The third kappa shape index (κ3) is 2.81. The molecule has 0 aliphatic carbocycles. The first-order valence-electron chi connectivity index (χ1n) is 5.43. The Morgan fingerprint density at radius 1 is 1.22 bits per heavy atom. The summed E-state index contributed by atoms with van der Waals surface area (Å²) in [7, 11) is 0. The summed E-state index contributed by atoms with van der Waals surface area (Å²) < 4.78 is 0. The number of nitrogens with one attached hydrogen (secondary N) is 1. The number of para-hydroxylation sites is 1. The van der Waals surface area contributed by atoms with Gasteiger partial charge in [0, 0.05) is 10.7 Å². The van der Waals surface area contributed by atoms with E-state index in [9.17, 15) is 4.79 Å². The van der Waals surface area contributed by atoms with Crippen LogP contribution < -0.4 is 5.32 Å². The van der Waals surface area contributed by atoms with Crippen LogP contribution in [0.15, 0.2) is 42.5 Å². The Balaban J connectivity index is 2.37. The van der Waals surface area contributed by atoms with Gasteiger partial charge in [0.25, 0.3) is 0 Å². The van der Waals surface area contributed by atoms with Gasteiger partial charge in [-0.15, -0.1) is 0 Å². The summed E-state index contributed by atoms with van der Waals surface area (Å²) >= 11 is 5.96. The lowest BCUT2D eigenvalue weighted by atomic mass is 10.1. The second-order valence-electron chi connectivity index (χ2n) is 3.99. The number of hydrogen-bond donors (Lipinski definition) is 2. The minimum Gasteiger partial charge on any atom is -0.478 e. The minimum absolute atomic E-state index is 0.232. The lowest BCUT2D eigenvalue weighted by Gasteiger charge is -2.10. The molecule has 0 aromatic heterocycles. The minimum atomic E-state index is -0.961. The second-order valence-corrected chi connectivity index (χ2v) is 4.43. The molecule has 0 radical (unpaired) electrons. The molecule has 18 heavy (non-hydrogen) atoms. The van der Waals surface area contributed by atoms with Crippen LogP contribution in [0.3, 0.4) is 0 Å². The monoisotopic (exact) mass is 261 g/mol. The summed E-state index contributed by atoms with van der Waals surface area (Å²) in [5.74, 6) is -0.961. The van der Waals surface area contributed by atoms with Crippen LogP contribution in [0.25, 0.3) is 0 Å². The smallest absolute Gasteiger partial charge is 0.337 e. The maximum absolute atomic E-state index is 11.1. The van der Waals surface area contributed by atoms with Gasteiger partial charge in [0.15, 0.2) is 0 Å². The average molecular weight is 262 g/mol. The van der Waals surface area contributed by atoms with Crippen LogP contribution in [0.5, 0.6) is 0 Å². The van der Waals surface area contributed by atoms with Gasteiger partial charge in [-0.2, -0.15) is 0 Å². The van der Waals surface area contributed by atoms with Crippen molar-refractivity contribution < 1.29 is 9.90 Å². The molecule has 0 aliphatic rings. The highest BCUT2D eigenvalue weighted by atomic mass is 35.5. The molecule has 0 spiro atoms. The van der Waals surface area contributed by atoms with Gasteiger partial charge in [0.1, 0.15) is 0 Å². The van der Waals surface area contributed by atoms with Crippen molar-refractivity contribution in [3.05, 3.63) is 58.6 Å². The topological polar surface area (TPSA) is 49.3 Å². The molecule has 2 rings (SSSR count). The number of carboxylic acid groups (broad SMARTS) is 1. The van der Waals surface area contributed by atoms with Crippen molar-refractivity contribution in [2.45, 2.75) is 6.92 Å². The Labute approximate surface area is 110 Å². The first-order chi connectivity index (χ1) is 8.56. The molecule has 0 atom stereocenters. The molecule has 0 aliphatic heterocycles. The molecular weight excluding hydrogens is 250 g/mol. The van der Waals surface area contributed by atoms with Crippen molar-refractivity contribution in [2.75, 3.05) is 5.32 Å². The quantitative estimate of drug-likeness (QED) is 0.875. The van der Waals surface area contributed by atoms with Gasteiger partial charge in [-0.25, -0.2) is 4.79 Å². The van der Waals surface area contributed by atoms with Crippen LogP contribution in [0.4, 0.5) is 11.4 Å². The molecular formula is C14H12ClNO2. The van der Waals surface area contributed by atoms with Crippen molar-refractivity contribution in [1.29, 1.82) is 0 Å². The number of rotatable bonds is 3. The molecule has 2 aromatic rings. The first kappa shape index (κ1) is 12.5. The first-order valence-corrected chi connectivity index (χ1v) is 5.80. The maximum Gasteiger partial charge on any atom is 0.337 e. The predicted molar refractivity (Wildman–Crippen MR) is 72.9 cm³/mol. The van der Waals surface area contributed by atoms with Gasteiger partial charge in [-0.05, 0) is 42.8 Å². The van der Waals surface area contributed by atoms with Crippen LogP contribution in [0, 0.1) is 6.92 Å². The lowest BCUT2D eigenvalue weighted by molar-refractivity contribution is 0.0698. The Morgan fingerprint density at radius 3 is 2.61 bits per heavy atom. The molecule has 0 saturated carbocycles. The highest BCUT2D eigenvalue weighted by Crippen LogP contribution is 2.24. The Morgan fingerprint density at radius 2 is 1.94 bits per heavy atom. The fourth-order valence-corrected chi connectivity index (χ4v) is 2.03. The highest BCUT2D eigenvalue weighted by Gasteiger charge is 2.09. The zero-order valence-corrected chi connectivity index (χ0v) is 10.5. The molecule has 2 N–H and O–H groups in total. The van der Waals surface area contributed by atoms with E-state index in [4.69, 9.17) is 16.7 Å². The molecule has 0 unspecified atom stereocenters. The third-order valence-electron chi connectivity index (χ3n) is 2.48. The number of aryl methyl sites for hydroxylation is 1. The Bertz CT molecular complexity index is 576. The van der Waals surface area contributed by atoms with Gasteiger partial charge >= 0.3 is 5.97 Å². The van der Waals surface area contributed by atoms with Crippen molar-refractivity contribution in [1.82, 2.24) is 0 Å². The van der Waals surface area contributed by atoms with E-state index < -0.39 is 5.97 Å². The zero-order valence-electron chi connectivity index (χ0n) is 9.77. The summed E-state index contributed by atoms with van der Waals surface area (Å²) in [6.45, 7) is 1.93. The van der Waals surface area contributed by atoms with Gasteiger partial charge in [-0.1, -0.05) is 23.7 Å². The molecule has 0 heterocycles. The summed E-state index contributed by atoms with van der Waals surface area (Å²) in [6.07, 6.45) is 0. The molecule has 3 nitrogen and oxygen atoms in total. The van der Waals surface area contributed by atoms with Crippen molar-refractivity contribution in [3.63, 3.8) is 0 Å². The molecule has 0 saturated heterocycles. The van der Waals surface area contributed by atoms with E-state index in [0.29, 0.717) is 10.7 Å². The zero-order chi connectivity index (χ0) is 13.1. The number of benzene rings is 2. The fourth-order valence-electron chi connectivity index (χ4n) is 1.74. The van der Waals surface area contributed by atoms with Gasteiger partial charge < -0.3 is 10.4 Å². The van der Waals surface area contributed by atoms with Gasteiger partial charge in [-0.3, -0.25) is 0 Å². The predicted octanol–water partition coefficient (Wildman–Crippen LogP) is 4.09. The van der Waals surface area contributed by atoms with E-state index in [0.717, 1.165) is 11.3 Å². The molecule has 2 aromatic carbocycles. The number of hydrogen-bond acceptors (Lipinski definition) is 2. The van der Waals surface area contributed by atoms with Gasteiger partial charge in [0.05, 0.1) is 11.3 Å². The number of carbonyl (C=O) groups is 1. The van der Waals surface area contributed by atoms with Crippen LogP contribution in [0.1, 0.15) is 15.9 Å². The number of aromatic carboxylic acids is 1. The van der Waals surface area contributed by atoms with Crippen LogP contribution in [-0.4, -0.2) is 11.1 Å². The van der Waals surface area contributed by atoms with E-state index in [2.05, 4.69) is 5.32 Å². The van der Waals surface area contributed by atoms with Crippen LogP contribution in [0.2, 0.25) is 5.02 Å². The summed E-state index contributed by atoms with van der Waals surface area (Å²) in [5.41, 5.74) is 2.56. The lowest BCUT2D eigenvalue weighted by Crippen LogP contribution is -2.02. The summed E-state index contributed by atoms with van der Waals surface area (Å²) in [6, 6.07) is 12.3. The number of halogens is 1. The molecule has 4 heteroatoms. The van der Waals surface area contributed by atoms with E-state index >= 15 is 0 Å². The van der Waals surface area contributed by atoms with E-state index in [1.165, 1.54) is 0 Å². The second kappa shape index (κ2) is 5.10. The van der Waals surface area contributed by atoms with Crippen LogP contribution in [-0.2, 0) is 0 Å². The average Bonchev–Trinajstić information content (AvgIpc) is 2.27. The van der Waals surface area contributed by atoms with E-state index in [1.54, 1.807) is 30.3 Å².